The topological polar surface area (TPSA) is 25.8 Å². The Bertz CT molecular complexity index is 432. The van der Waals surface area contributed by atoms with E-state index in [4.69, 9.17) is 0 Å². The first-order chi connectivity index (χ1) is 6.75. The van der Waals surface area contributed by atoms with Gasteiger partial charge in [-0.2, -0.15) is 0 Å². The fraction of sp³-hybridized carbons (Fsp3) is 0.167. The van der Waals surface area contributed by atoms with Crippen molar-refractivity contribution in [1.29, 1.82) is 0 Å². The van der Waals surface area contributed by atoms with E-state index in [2.05, 4.69) is 29.0 Å². The Kier molecular flexibility index (Phi) is 2.27. The summed E-state index contributed by atoms with van der Waals surface area (Å²) < 4.78 is 0. The predicted molar refractivity (Wildman–Crippen MR) is 55.8 cm³/mol. The van der Waals surface area contributed by atoms with Crippen molar-refractivity contribution >= 4 is 0 Å². The molecule has 1 radical (unpaired) electrons. The number of benzene rings is 1. The highest BCUT2D eigenvalue weighted by Crippen LogP contribution is 2.17. The molecule has 69 valence electrons. The second kappa shape index (κ2) is 3.58. The predicted octanol–water partition coefficient (Wildman–Crippen LogP) is 2.56. The van der Waals surface area contributed by atoms with Gasteiger partial charge in [-0.3, -0.25) is 0 Å². The van der Waals surface area contributed by atoms with Crippen molar-refractivity contribution in [3.8, 4) is 11.1 Å². The Labute approximate surface area is 83.7 Å². The van der Waals surface area contributed by atoms with Crippen molar-refractivity contribution < 1.29 is 0 Å². The molecule has 0 saturated heterocycles. The summed E-state index contributed by atoms with van der Waals surface area (Å²) in [5.74, 6) is 0.797. The van der Waals surface area contributed by atoms with Gasteiger partial charge in [0.25, 0.3) is 0 Å². The Morgan fingerprint density at radius 3 is 2.36 bits per heavy atom. The molecule has 0 fully saturated rings. The van der Waals surface area contributed by atoms with E-state index in [1.807, 2.05) is 31.5 Å². The van der Waals surface area contributed by atoms with E-state index in [9.17, 15) is 0 Å². The summed E-state index contributed by atoms with van der Waals surface area (Å²) in [5.41, 5.74) is 3.35. The number of hydrogen-bond acceptors (Lipinski definition) is 2. The maximum absolute atomic E-state index is 4.16. The monoisotopic (exact) mass is 183 g/mol. The van der Waals surface area contributed by atoms with Crippen molar-refractivity contribution in [3.63, 3.8) is 0 Å². The number of rotatable bonds is 1. The van der Waals surface area contributed by atoms with Crippen LogP contribution in [0.15, 0.2) is 30.6 Å². The van der Waals surface area contributed by atoms with Gasteiger partial charge in [0.15, 0.2) is 0 Å². The summed E-state index contributed by atoms with van der Waals surface area (Å²) in [5, 5.41) is 0. The molecular weight excluding hydrogens is 172 g/mol. The molecule has 0 amide bonds. The van der Waals surface area contributed by atoms with E-state index in [-0.39, 0.29) is 0 Å². The van der Waals surface area contributed by atoms with E-state index < -0.39 is 0 Å². The second-order valence-electron chi connectivity index (χ2n) is 3.32. The van der Waals surface area contributed by atoms with Crippen LogP contribution < -0.4 is 0 Å². The van der Waals surface area contributed by atoms with Gasteiger partial charge in [0.2, 0.25) is 0 Å². The third kappa shape index (κ3) is 1.79. The first-order valence-electron chi connectivity index (χ1n) is 4.52. The first-order valence-corrected chi connectivity index (χ1v) is 4.52. The molecule has 0 atom stereocenters. The van der Waals surface area contributed by atoms with Crippen molar-refractivity contribution in [1.82, 2.24) is 9.97 Å². The lowest BCUT2D eigenvalue weighted by Gasteiger charge is -2.01. The van der Waals surface area contributed by atoms with Gasteiger partial charge in [0.05, 0.1) is 0 Å². The smallest absolute Gasteiger partial charge is 0.125 e. The van der Waals surface area contributed by atoms with Crippen molar-refractivity contribution in [3.05, 3.63) is 48.0 Å². The van der Waals surface area contributed by atoms with Gasteiger partial charge in [0.1, 0.15) is 5.82 Å². The van der Waals surface area contributed by atoms with Gasteiger partial charge < -0.3 is 0 Å². The average molecular weight is 183 g/mol. The maximum atomic E-state index is 4.16. The zero-order chi connectivity index (χ0) is 9.97. The van der Waals surface area contributed by atoms with Crippen LogP contribution in [-0.4, -0.2) is 9.97 Å². The summed E-state index contributed by atoms with van der Waals surface area (Å²) in [6.45, 7) is 3.93. The number of aromatic nitrogens is 2. The summed E-state index contributed by atoms with van der Waals surface area (Å²) in [4.78, 5) is 8.32. The van der Waals surface area contributed by atoms with Crippen molar-refractivity contribution in [2.24, 2.45) is 0 Å². The molecule has 0 aliphatic rings. The standard InChI is InChI=1S/C12H11N2/c1-9-4-3-5-11(6-9)12-7-13-10(2)14-8-12/h4-8H,1-2H3. The van der Waals surface area contributed by atoms with Crippen LogP contribution in [0.5, 0.6) is 0 Å². The normalized spacial score (nSPS) is 10.1. The van der Waals surface area contributed by atoms with Crippen LogP contribution in [0, 0.1) is 19.9 Å². The molecule has 0 saturated carbocycles. The highest BCUT2D eigenvalue weighted by molar-refractivity contribution is 5.61. The summed E-state index contributed by atoms with van der Waals surface area (Å²) in [6, 6.07) is 9.09. The molecule has 0 aliphatic carbocycles. The lowest BCUT2D eigenvalue weighted by Crippen LogP contribution is -1.87. The van der Waals surface area contributed by atoms with Crippen LogP contribution in [0.25, 0.3) is 11.1 Å². The third-order valence-electron chi connectivity index (χ3n) is 2.05. The van der Waals surface area contributed by atoms with Crippen LogP contribution in [0.1, 0.15) is 11.4 Å². The van der Waals surface area contributed by atoms with E-state index >= 15 is 0 Å². The van der Waals surface area contributed by atoms with Gasteiger partial charge in [-0.25, -0.2) is 9.97 Å². The number of nitrogens with zero attached hydrogens (tertiary/aromatic N) is 2. The molecule has 1 aromatic heterocycles. The minimum absolute atomic E-state index is 0.797. The van der Waals surface area contributed by atoms with Crippen LogP contribution in [0.2, 0.25) is 0 Å². The van der Waals surface area contributed by atoms with Crippen molar-refractivity contribution in [2.75, 3.05) is 0 Å². The van der Waals surface area contributed by atoms with Gasteiger partial charge in [0, 0.05) is 18.0 Å². The van der Waals surface area contributed by atoms with Crippen LogP contribution >= 0.6 is 0 Å². The minimum Gasteiger partial charge on any atom is -0.241 e. The molecule has 1 heterocycles. The molecule has 0 unspecified atom stereocenters. The quantitative estimate of drug-likeness (QED) is 0.679. The van der Waals surface area contributed by atoms with Crippen LogP contribution in [0.4, 0.5) is 0 Å². The van der Waals surface area contributed by atoms with Gasteiger partial charge in [-0.05, 0) is 37.1 Å². The Morgan fingerprint density at radius 1 is 1.00 bits per heavy atom. The zero-order valence-corrected chi connectivity index (χ0v) is 8.28. The molecule has 2 heteroatoms. The molecule has 1 aromatic carbocycles. The minimum atomic E-state index is 0.797. The number of aryl methyl sites for hydroxylation is 2. The van der Waals surface area contributed by atoms with E-state index in [1.54, 1.807) is 0 Å². The van der Waals surface area contributed by atoms with Gasteiger partial charge in [-0.1, -0.05) is 12.1 Å². The lowest BCUT2D eigenvalue weighted by molar-refractivity contribution is 1.06. The third-order valence-corrected chi connectivity index (χ3v) is 2.05. The fourth-order valence-corrected chi connectivity index (χ4v) is 1.30. The van der Waals surface area contributed by atoms with Crippen molar-refractivity contribution in [2.45, 2.75) is 13.8 Å². The van der Waals surface area contributed by atoms with E-state index in [0.717, 1.165) is 17.0 Å². The molecule has 0 bridgehead atoms. The lowest BCUT2D eigenvalue weighted by atomic mass is 10.1. The van der Waals surface area contributed by atoms with E-state index in [1.165, 1.54) is 5.56 Å². The summed E-state index contributed by atoms with van der Waals surface area (Å²) in [7, 11) is 0. The van der Waals surface area contributed by atoms with Gasteiger partial charge in [-0.15, -0.1) is 0 Å². The molecular formula is C12H11N2. The Balaban J connectivity index is 2.44. The SMILES string of the molecule is Cc1c[c]cc(-c2cnc(C)nc2)c1. The van der Waals surface area contributed by atoms with Crippen LogP contribution in [-0.2, 0) is 0 Å². The summed E-state index contributed by atoms with van der Waals surface area (Å²) >= 11 is 0. The number of hydrogen-bond donors (Lipinski definition) is 0. The fourth-order valence-electron chi connectivity index (χ4n) is 1.30. The Hall–Kier alpha value is -1.70. The average Bonchev–Trinajstić information content (AvgIpc) is 2.19. The molecule has 14 heavy (non-hydrogen) atoms. The molecule has 0 spiro atoms. The highest BCUT2D eigenvalue weighted by atomic mass is 14.8. The largest absolute Gasteiger partial charge is 0.241 e. The van der Waals surface area contributed by atoms with Gasteiger partial charge >= 0.3 is 0 Å². The zero-order valence-electron chi connectivity index (χ0n) is 8.28. The molecule has 0 N–H and O–H groups in total. The van der Waals surface area contributed by atoms with E-state index in [0.29, 0.717) is 0 Å². The summed E-state index contributed by atoms with van der Waals surface area (Å²) in [6.07, 6.45) is 3.68. The molecule has 2 rings (SSSR count). The molecule has 2 nitrogen and oxygen atoms in total. The maximum Gasteiger partial charge on any atom is 0.125 e. The first kappa shape index (κ1) is 8.88. The molecule has 0 aliphatic heterocycles. The molecule has 2 aromatic rings. The Morgan fingerprint density at radius 2 is 1.71 bits per heavy atom. The van der Waals surface area contributed by atoms with Crippen LogP contribution in [0.3, 0.4) is 0 Å². The highest BCUT2D eigenvalue weighted by Gasteiger charge is 1.98. The second-order valence-corrected chi connectivity index (χ2v) is 3.32.